The topological polar surface area (TPSA) is 363 Å². The van der Waals surface area contributed by atoms with Gasteiger partial charge in [0, 0.05) is 45.4 Å². The van der Waals surface area contributed by atoms with Gasteiger partial charge in [-0.25, -0.2) is 4.79 Å². The molecule has 0 spiro atoms. The molecule has 500 valence electrons. The summed E-state index contributed by atoms with van der Waals surface area (Å²) >= 11 is 0. The number of hydrogen-bond acceptors (Lipinski definition) is 18. The zero-order chi connectivity index (χ0) is 63.3. The fourth-order valence-electron chi connectivity index (χ4n) is 9.88. The highest BCUT2D eigenvalue weighted by Crippen LogP contribution is 2.17. The van der Waals surface area contributed by atoms with Crippen molar-refractivity contribution in [2.24, 2.45) is 0 Å². The number of nitrogens with zero attached hydrogens (tertiary/aromatic N) is 1. The van der Waals surface area contributed by atoms with E-state index < -0.39 is 110 Å². The van der Waals surface area contributed by atoms with Crippen molar-refractivity contribution in [3.8, 4) is 0 Å². The van der Waals surface area contributed by atoms with Crippen molar-refractivity contribution in [3.05, 3.63) is 0 Å². The van der Waals surface area contributed by atoms with Crippen LogP contribution in [0.15, 0.2) is 0 Å². The smallest absolute Gasteiger partial charge is 0.328 e. The summed E-state index contributed by atoms with van der Waals surface area (Å²) in [5, 5.41) is 105. The van der Waals surface area contributed by atoms with Gasteiger partial charge in [0.15, 0.2) is 12.2 Å². The first-order valence-electron chi connectivity index (χ1n) is 33.1. The Labute approximate surface area is 509 Å². The third-order valence-electron chi connectivity index (χ3n) is 15.5. The molecule has 0 unspecified atom stereocenters. The molecule has 0 aliphatic rings. The molecule has 0 bridgehead atoms. The van der Waals surface area contributed by atoms with Crippen molar-refractivity contribution in [3.63, 3.8) is 0 Å². The highest BCUT2D eigenvalue weighted by atomic mass is 16.5. The summed E-state index contributed by atoms with van der Waals surface area (Å²) in [5.74, 6) is -4.75. The number of unbranched alkanes of at least 4 members (excludes halogenated alkanes) is 30. The summed E-state index contributed by atoms with van der Waals surface area (Å²) in [7, 11) is 0. The van der Waals surface area contributed by atoms with Gasteiger partial charge in [0.2, 0.25) is 11.8 Å². The van der Waals surface area contributed by atoms with E-state index in [0.717, 1.165) is 44.9 Å². The Morgan fingerprint density at radius 1 is 0.400 bits per heavy atom. The second-order valence-electron chi connectivity index (χ2n) is 23.2. The first-order chi connectivity index (χ1) is 41.0. The number of hydrogen-bond donors (Lipinski definition) is 13. The van der Waals surface area contributed by atoms with Crippen LogP contribution >= 0.6 is 0 Å². The number of aliphatic hydroxyl groups is 10. The molecule has 0 radical (unpaired) electrons. The molecule has 9 atom stereocenters. The lowest BCUT2D eigenvalue weighted by molar-refractivity contribution is -0.150. The van der Waals surface area contributed by atoms with Gasteiger partial charge in [0.1, 0.15) is 42.7 Å². The maximum atomic E-state index is 13.7. The summed E-state index contributed by atoms with van der Waals surface area (Å²) in [6.45, 7) is 2.45. The van der Waals surface area contributed by atoms with Crippen molar-refractivity contribution < 1.29 is 89.3 Å². The Balaban J connectivity index is 5.48. The van der Waals surface area contributed by atoms with Crippen molar-refractivity contribution >= 4 is 35.6 Å². The zero-order valence-electron chi connectivity index (χ0n) is 52.4. The van der Waals surface area contributed by atoms with Gasteiger partial charge in [0.05, 0.1) is 26.4 Å². The van der Waals surface area contributed by atoms with Crippen molar-refractivity contribution in [2.45, 2.75) is 313 Å². The molecule has 0 saturated carbocycles. The van der Waals surface area contributed by atoms with Crippen LogP contribution in [0.2, 0.25) is 0 Å². The van der Waals surface area contributed by atoms with Gasteiger partial charge in [0.25, 0.3) is 11.8 Å². The Morgan fingerprint density at radius 2 is 0.729 bits per heavy atom. The summed E-state index contributed by atoms with van der Waals surface area (Å²) in [4.78, 5) is 79.8. The van der Waals surface area contributed by atoms with Crippen LogP contribution in [0.25, 0.3) is 0 Å². The molecular formula is C63H120N4O18. The van der Waals surface area contributed by atoms with Gasteiger partial charge in [-0.2, -0.15) is 0 Å². The molecular weight excluding hydrogens is 1100 g/mol. The lowest BCUT2D eigenvalue weighted by Crippen LogP contribution is -2.52. The summed E-state index contributed by atoms with van der Waals surface area (Å²) < 4.78 is 11.1. The number of nitrogens with one attached hydrogen (secondary N) is 3. The Hall–Kier alpha value is -3.58. The summed E-state index contributed by atoms with van der Waals surface area (Å²) in [6.07, 6.45) is 21.1. The number of ether oxygens (including phenoxy) is 2. The highest BCUT2D eigenvalue weighted by molar-refractivity contribution is 5.88. The third kappa shape index (κ3) is 43.7. The van der Waals surface area contributed by atoms with Gasteiger partial charge in [-0.15, -0.1) is 0 Å². The summed E-state index contributed by atoms with van der Waals surface area (Å²) in [5.41, 5.74) is 0. The lowest BCUT2D eigenvalue weighted by Gasteiger charge is -2.26. The number of carbonyl (C=O) groups is 6. The normalized spacial score (nSPS) is 14.7. The molecule has 22 heteroatoms. The largest absolute Gasteiger partial charge is 0.466 e. The van der Waals surface area contributed by atoms with Crippen molar-refractivity contribution in [1.82, 2.24) is 20.9 Å². The van der Waals surface area contributed by atoms with E-state index >= 15 is 0 Å². The van der Waals surface area contributed by atoms with Crippen LogP contribution < -0.4 is 16.0 Å². The van der Waals surface area contributed by atoms with Crippen LogP contribution in [0.3, 0.4) is 0 Å². The second-order valence-corrected chi connectivity index (χ2v) is 23.2. The SMILES string of the molecule is CCCCCCCCCCCCCCCCCCOC(=O)CC[C@H](NC(=O)CCC(=O)N(CCCNC(=O)[C@H](O)[C@@H](O)[C@H](O)[C@@H](O)CO)CCCNC(=O)[C@H](O)[C@@H](O)[C@H](O)[C@@H](O)CO)C(=O)OCCCCCCCCCCCCCCCCCC. The number of aliphatic hydroxyl groups excluding tert-OH is 10. The molecule has 85 heavy (non-hydrogen) atoms. The zero-order valence-corrected chi connectivity index (χ0v) is 52.4. The molecule has 0 heterocycles. The number of esters is 2. The van der Waals surface area contributed by atoms with Crippen molar-refractivity contribution in [1.29, 1.82) is 0 Å². The predicted molar refractivity (Wildman–Crippen MR) is 325 cm³/mol. The molecule has 0 aromatic rings. The van der Waals surface area contributed by atoms with Gasteiger partial charge in [-0.1, -0.05) is 206 Å². The average molecular weight is 1220 g/mol. The van der Waals surface area contributed by atoms with E-state index in [2.05, 4.69) is 29.8 Å². The number of carbonyl (C=O) groups excluding carboxylic acids is 6. The fourth-order valence-corrected chi connectivity index (χ4v) is 9.88. The third-order valence-corrected chi connectivity index (χ3v) is 15.5. The van der Waals surface area contributed by atoms with Gasteiger partial charge in [-0.05, 0) is 32.1 Å². The van der Waals surface area contributed by atoms with Crippen LogP contribution in [0.5, 0.6) is 0 Å². The monoisotopic (exact) mass is 1220 g/mol. The van der Waals surface area contributed by atoms with Crippen molar-refractivity contribution in [2.75, 3.05) is 52.6 Å². The van der Waals surface area contributed by atoms with E-state index in [1.54, 1.807) is 0 Å². The quantitative estimate of drug-likeness (QED) is 0.0269. The van der Waals surface area contributed by atoms with E-state index in [1.807, 2.05) is 0 Å². The maximum Gasteiger partial charge on any atom is 0.328 e. The Kier molecular flexibility index (Phi) is 53.4. The van der Waals surface area contributed by atoms with Crippen LogP contribution in [-0.2, 0) is 38.2 Å². The second kappa shape index (κ2) is 55.7. The standard InChI is InChI=1S/C63H120N4O18/c1-3-5-7-9-11-13-15-17-19-21-23-25-27-29-31-33-45-84-54(74)40-37-49(63(83)85-46-34-32-30-28-26-24-22-20-18-16-14-12-10-8-6-4-2)66-52(72)38-39-53(73)67(43-35-41-64-61(81)59(79)57(77)55(75)50(70)47-68)44-36-42-65-62(82)60(80)58(78)56(76)51(71)48-69/h49-51,55-60,68-71,75-80H,3-48H2,1-2H3,(H,64,81)(H,65,82)(H,66,72)/t49-,50-,51-,55+,56+,57-,58-,59+,60+/m0/s1. The number of amides is 4. The van der Waals surface area contributed by atoms with Gasteiger partial charge in [-0.3, -0.25) is 24.0 Å². The van der Waals surface area contributed by atoms with Crippen LogP contribution in [0, 0.1) is 0 Å². The van der Waals surface area contributed by atoms with Crippen LogP contribution in [-0.4, -0.2) is 199 Å². The minimum atomic E-state index is -2.20. The minimum absolute atomic E-state index is 0.0412. The van der Waals surface area contributed by atoms with Crippen LogP contribution in [0.4, 0.5) is 0 Å². The molecule has 0 fully saturated rings. The maximum absolute atomic E-state index is 13.7. The Bertz CT molecular complexity index is 1620. The molecule has 22 nitrogen and oxygen atoms in total. The van der Waals surface area contributed by atoms with Gasteiger partial charge < -0.3 is 81.4 Å². The molecule has 0 aliphatic carbocycles. The fraction of sp³-hybridized carbons (Fsp3) is 0.905. The van der Waals surface area contributed by atoms with Crippen LogP contribution in [0.1, 0.15) is 258 Å². The molecule has 0 rings (SSSR count). The van der Waals surface area contributed by atoms with E-state index in [9.17, 15) is 69.6 Å². The van der Waals surface area contributed by atoms with E-state index in [0.29, 0.717) is 12.8 Å². The molecule has 0 saturated heterocycles. The first-order valence-corrected chi connectivity index (χ1v) is 33.1. The first kappa shape index (κ1) is 81.4. The van der Waals surface area contributed by atoms with E-state index in [1.165, 1.54) is 153 Å². The highest BCUT2D eigenvalue weighted by Gasteiger charge is 2.35. The molecule has 0 aromatic carbocycles. The Morgan fingerprint density at radius 3 is 1.07 bits per heavy atom. The van der Waals surface area contributed by atoms with E-state index in [-0.39, 0.29) is 71.5 Å². The predicted octanol–water partition coefficient (Wildman–Crippen LogP) is 5.35. The van der Waals surface area contributed by atoms with E-state index in [4.69, 9.17) is 19.7 Å². The van der Waals surface area contributed by atoms with Gasteiger partial charge >= 0.3 is 11.9 Å². The lowest BCUT2D eigenvalue weighted by atomic mass is 10.0. The molecule has 13 N–H and O–H groups in total. The number of rotatable bonds is 60. The molecule has 0 aromatic heterocycles. The average Bonchev–Trinajstić information content (AvgIpc) is 3.53. The minimum Gasteiger partial charge on any atom is -0.466 e. The summed E-state index contributed by atoms with van der Waals surface area (Å²) in [6, 6.07) is -1.21. The molecule has 4 amide bonds. The molecule has 0 aliphatic heterocycles.